The molecule has 0 aliphatic carbocycles. The van der Waals surface area contributed by atoms with Crippen LogP contribution in [-0.2, 0) is 9.47 Å². The predicted molar refractivity (Wildman–Crippen MR) is 69.2 cm³/mol. The third-order valence-electron chi connectivity index (χ3n) is 4.35. The molecule has 0 aromatic rings. The van der Waals surface area contributed by atoms with Crippen LogP contribution in [0.1, 0.15) is 46.5 Å². The first-order valence-electron chi connectivity index (χ1n) is 7.09. The van der Waals surface area contributed by atoms with Gasteiger partial charge in [-0.1, -0.05) is 13.8 Å². The monoisotopic (exact) mass is 241 g/mol. The molecule has 2 fully saturated rings. The number of rotatable bonds is 5. The first kappa shape index (κ1) is 13.3. The van der Waals surface area contributed by atoms with Gasteiger partial charge in [0, 0.05) is 31.2 Å². The molecule has 0 aromatic heterocycles. The molecule has 0 aromatic carbocycles. The van der Waals surface area contributed by atoms with Crippen LogP contribution in [0.2, 0.25) is 0 Å². The zero-order chi connectivity index (χ0) is 12.3. The Kier molecular flexibility index (Phi) is 4.45. The highest BCUT2D eigenvalue weighted by atomic mass is 16.5. The number of hydrogen-bond acceptors (Lipinski definition) is 3. The smallest absolute Gasteiger partial charge is 0.0617 e. The van der Waals surface area contributed by atoms with Gasteiger partial charge in [0.25, 0.3) is 0 Å². The van der Waals surface area contributed by atoms with E-state index in [-0.39, 0.29) is 0 Å². The Morgan fingerprint density at radius 3 is 2.65 bits per heavy atom. The highest BCUT2D eigenvalue weighted by Crippen LogP contribution is 2.41. The summed E-state index contributed by atoms with van der Waals surface area (Å²) in [4.78, 5) is 0. The summed E-state index contributed by atoms with van der Waals surface area (Å²) in [6.45, 7) is 9.57. The highest BCUT2D eigenvalue weighted by molar-refractivity contribution is 4.94. The van der Waals surface area contributed by atoms with E-state index >= 15 is 0 Å². The van der Waals surface area contributed by atoms with E-state index in [9.17, 15) is 0 Å². The van der Waals surface area contributed by atoms with Crippen LogP contribution in [0.15, 0.2) is 0 Å². The second-order valence-electron chi connectivity index (χ2n) is 6.00. The molecule has 3 unspecified atom stereocenters. The maximum atomic E-state index is 5.82. The van der Waals surface area contributed by atoms with Crippen molar-refractivity contribution in [2.75, 3.05) is 19.8 Å². The van der Waals surface area contributed by atoms with Crippen LogP contribution >= 0.6 is 0 Å². The molecule has 2 rings (SSSR count). The molecule has 0 saturated carbocycles. The van der Waals surface area contributed by atoms with Gasteiger partial charge in [-0.05, 0) is 32.6 Å². The molecular formula is C14H27NO2. The van der Waals surface area contributed by atoms with Crippen molar-refractivity contribution in [2.24, 2.45) is 5.41 Å². The summed E-state index contributed by atoms with van der Waals surface area (Å²) in [7, 11) is 0. The minimum absolute atomic E-state index is 0.291. The van der Waals surface area contributed by atoms with E-state index in [4.69, 9.17) is 9.47 Å². The maximum absolute atomic E-state index is 5.82. The Morgan fingerprint density at radius 1 is 1.29 bits per heavy atom. The lowest BCUT2D eigenvalue weighted by molar-refractivity contribution is 0.0141. The lowest BCUT2D eigenvalue weighted by atomic mass is 9.76. The molecule has 3 heteroatoms. The van der Waals surface area contributed by atoms with Crippen molar-refractivity contribution < 1.29 is 9.47 Å². The van der Waals surface area contributed by atoms with Gasteiger partial charge in [-0.2, -0.15) is 0 Å². The molecule has 0 amide bonds. The predicted octanol–water partition coefficient (Wildman–Crippen LogP) is 2.35. The molecule has 0 radical (unpaired) electrons. The lowest BCUT2D eigenvalue weighted by Gasteiger charge is -2.35. The molecule has 2 saturated heterocycles. The van der Waals surface area contributed by atoms with Crippen LogP contribution in [0, 0.1) is 5.41 Å². The van der Waals surface area contributed by atoms with Crippen LogP contribution in [0.25, 0.3) is 0 Å². The third kappa shape index (κ3) is 3.21. The fraction of sp³-hybridized carbons (Fsp3) is 1.00. The minimum Gasteiger partial charge on any atom is -0.378 e. The second kappa shape index (κ2) is 5.68. The van der Waals surface area contributed by atoms with Crippen LogP contribution in [-0.4, -0.2) is 38.0 Å². The average molecular weight is 241 g/mol. The third-order valence-corrected chi connectivity index (χ3v) is 4.35. The number of ether oxygens (including phenoxy) is 2. The molecule has 3 atom stereocenters. The molecular weight excluding hydrogens is 214 g/mol. The van der Waals surface area contributed by atoms with Crippen LogP contribution in [0.5, 0.6) is 0 Å². The van der Waals surface area contributed by atoms with Gasteiger partial charge in [-0.3, -0.25) is 0 Å². The molecule has 17 heavy (non-hydrogen) atoms. The fourth-order valence-corrected chi connectivity index (χ4v) is 3.06. The van der Waals surface area contributed by atoms with Crippen molar-refractivity contribution in [2.45, 2.75) is 64.7 Å². The fourth-order valence-electron chi connectivity index (χ4n) is 3.06. The topological polar surface area (TPSA) is 30.5 Å². The van der Waals surface area contributed by atoms with Crippen molar-refractivity contribution in [3.63, 3.8) is 0 Å². The molecule has 100 valence electrons. The Morgan fingerprint density at radius 2 is 2.12 bits per heavy atom. The van der Waals surface area contributed by atoms with Gasteiger partial charge in [0.05, 0.1) is 12.2 Å². The van der Waals surface area contributed by atoms with E-state index in [0.29, 0.717) is 23.7 Å². The molecule has 2 aliphatic heterocycles. The van der Waals surface area contributed by atoms with Crippen molar-refractivity contribution in [3.8, 4) is 0 Å². The molecule has 2 heterocycles. The standard InChI is InChI=1S/C14H27NO2/c1-11(2)15-10-14(6-8-16-12(14)3)9-13-5-4-7-17-13/h11-13,15H,4-10H2,1-3H3. The zero-order valence-corrected chi connectivity index (χ0v) is 11.5. The molecule has 2 aliphatic rings. The van der Waals surface area contributed by atoms with Gasteiger partial charge in [0.15, 0.2) is 0 Å². The molecule has 0 spiro atoms. The lowest BCUT2D eigenvalue weighted by Crippen LogP contribution is -2.43. The van der Waals surface area contributed by atoms with Gasteiger partial charge in [0.1, 0.15) is 0 Å². The Hall–Kier alpha value is -0.120. The van der Waals surface area contributed by atoms with Gasteiger partial charge < -0.3 is 14.8 Å². The first-order valence-corrected chi connectivity index (χ1v) is 7.09. The largest absolute Gasteiger partial charge is 0.378 e. The summed E-state index contributed by atoms with van der Waals surface area (Å²) >= 11 is 0. The van der Waals surface area contributed by atoms with E-state index in [1.54, 1.807) is 0 Å². The maximum Gasteiger partial charge on any atom is 0.0617 e. The molecule has 1 N–H and O–H groups in total. The Labute approximate surface area is 105 Å². The van der Waals surface area contributed by atoms with Gasteiger partial charge in [0.2, 0.25) is 0 Å². The Bertz CT molecular complexity index is 238. The summed E-state index contributed by atoms with van der Waals surface area (Å²) in [5.41, 5.74) is 0.291. The summed E-state index contributed by atoms with van der Waals surface area (Å²) in [6, 6.07) is 0.546. The van der Waals surface area contributed by atoms with E-state index in [1.165, 1.54) is 19.3 Å². The SMILES string of the molecule is CC(C)NCC1(CC2CCCO2)CCOC1C. The minimum atomic E-state index is 0.291. The molecule has 3 nitrogen and oxygen atoms in total. The van der Waals surface area contributed by atoms with Crippen molar-refractivity contribution in [3.05, 3.63) is 0 Å². The molecule has 0 bridgehead atoms. The summed E-state index contributed by atoms with van der Waals surface area (Å²) in [5, 5.41) is 3.60. The van der Waals surface area contributed by atoms with E-state index in [0.717, 1.165) is 26.2 Å². The first-order chi connectivity index (χ1) is 8.12. The Balaban J connectivity index is 1.96. The highest BCUT2D eigenvalue weighted by Gasteiger charge is 2.43. The van der Waals surface area contributed by atoms with Gasteiger partial charge in [-0.15, -0.1) is 0 Å². The quantitative estimate of drug-likeness (QED) is 0.801. The van der Waals surface area contributed by atoms with Crippen molar-refractivity contribution >= 4 is 0 Å². The normalized spacial score (nSPS) is 38.1. The second-order valence-corrected chi connectivity index (χ2v) is 6.00. The van der Waals surface area contributed by atoms with E-state index in [2.05, 4.69) is 26.1 Å². The number of nitrogens with one attached hydrogen (secondary N) is 1. The van der Waals surface area contributed by atoms with Crippen LogP contribution < -0.4 is 5.32 Å². The number of hydrogen-bond donors (Lipinski definition) is 1. The van der Waals surface area contributed by atoms with Crippen LogP contribution in [0.4, 0.5) is 0 Å². The summed E-state index contributed by atoms with van der Waals surface area (Å²) in [5.74, 6) is 0. The summed E-state index contributed by atoms with van der Waals surface area (Å²) < 4.78 is 11.6. The van der Waals surface area contributed by atoms with Crippen molar-refractivity contribution in [1.29, 1.82) is 0 Å². The zero-order valence-electron chi connectivity index (χ0n) is 11.5. The van der Waals surface area contributed by atoms with E-state index in [1.807, 2.05) is 0 Å². The van der Waals surface area contributed by atoms with Gasteiger partial charge >= 0.3 is 0 Å². The summed E-state index contributed by atoms with van der Waals surface area (Å²) in [6.07, 6.45) is 5.62. The van der Waals surface area contributed by atoms with Crippen molar-refractivity contribution in [1.82, 2.24) is 5.32 Å². The van der Waals surface area contributed by atoms with Crippen LogP contribution in [0.3, 0.4) is 0 Å². The average Bonchev–Trinajstić information content (AvgIpc) is 2.88. The van der Waals surface area contributed by atoms with E-state index < -0.39 is 0 Å². The van der Waals surface area contributed by atoms with Gasteiger partial charge in [-0.25, -0.2) is 0 Å².